The Hall–Kier alpha value is -2.86. The predicted molar refractivity (Wildman–Crippen MR) is 105 cm³/mol. The molecule has 3 aromatic rings. The van der Waals surface area contributed by atoms with Gasteiger partial charge in [-0.1, -0.05) is 30.3 Å². The molecule has 0 unspecified atom stereocenters. The molecule has 2 N–H and O–H groups in total. The number of hydrogen-bond acceptors (Lipinski definition) is 4. The smallest absolute Gasteiger partial charge is 0.272 e. The average molecular weight is 364 g/mol. The molecule has 1 fully saturated rings. The van der Waals surface area contributed by atoms with E-state index in [0.29, 0.717) is 12.2 Å². The number of para-hydroxylation sites is 1. The molecule has 2 heterocycles. The maximum absolute atomic E-state index is 12.7. The summed E-state index contributed by atoms with van der Waals surface area (Å²) in [5, 5.41) is 11.1. The summed E-state index contributed by atoms with van der Waals surface area (Å²) in [6.07, 6.45) is 2.40. The summed E-state index contributed by atoms with van der Waals surface area (Å²) < 4.78 is 5.27. The molecule has 6 heteroatoms. The fourth-order valence-corrected chi connectivity index (χ4v) is 3.75. The van der Waals surface area contributed by atoms with Gasteiger partial charge in [0.15, 0.2) is 5.69 Å². The van der Waals surface area contributed by atoms with Gasteiger partial charge in [-0.05, 0) is 49.7 Å². The summed E-state index contributed by atoms with van der Waals surface area (Å²) in [6.45, 7) is 2.65. The standard InChI is InChI=1S/C21H24N4O2/c1-27-16-10-8-15(9-11-16)19(25-12-4-5-13-25)14-22-21(26)20-17-6-2-3-7-18(17)23-24-20/h2-3,6-11,19H,4-5,12-14H2,1H3,(H,22,26)(H,23,24)/t19-/m0/s1. The monoisotopic (exact) mass is 364 g/mol. The molecule has 0 radical (unpaired) electrons. The zero-order valence-corrected chi connectivity index (χ0v) is 15.4. The normalized spacial score (nSPS) is 15.7. The number of carbonyl (C=O) groups is 1. The van der Waals surface area contributed by atoms with Crippen molar-refractivity contribution in [3.8, 4) is 5.75 Å². The second kappa shape index (κ2) is 7.80. The van der Waals surface area contributed by atoms with Gasteiger partial charge in [-0.3, -0.25) is 14.8 Å². The van der Waals surface area contributed by atoms with Crippen molar-refractivity contribution in [3.05, 3.63) is 59.8 Å². The van der Waals surface area contributed by atoms with E-state index in [9.17, 15) is 4.79 Å². The molecule has 1 aliphatic heterocycles. The van der Waals surface area contributed by atoms with E-state index in [0.717, 1.165) is 29.7 Å². The van der Waals surface area contributed by atoms with Gasteiger partial charge in [-0.25, -0.2) is 0 Å². The molecule has 1 amide bonds. The lowest BCUT2D eigenvalue weighted by Gasteiger charge is -2.28. The second-order valence-electron chi connectivity index (χ2n) is 6.86. The maximum atomic E-state index is 12.7. The van der Waals surface area contributed by atoms with E-state index in [2.05, 4.69) is 32.5 Å². The van der Waals surface area contributed by atoms with Crippen molar-refractivity contribution in [1.82, 2.24) is 20.4 Å². The minimum atomic E-state index is -0.148. The van der Waals surface area contributed by atoms with E-state index >= 15 is 0 Å². The van der Waals surface area contributed by atoms with E-state index in [-0.39, 0.29) is 11.9 Å². The number of rotatable bonds is 6. The number of hydrogen-bond donors (Lipinski definition) is 2. The lowest BCUT2D eigenvalue weighted by molar-refractivity contribution is 0.0934. The topological polar surface area (TPSA) is 70.2 Å². The van der Waals surface area contributed by atoms with Crippen molar-refractivity contribution in [2.45, 2.75) is 18.9 Å². The number of nitrogens with one attached hydrogen (secondary N) is 2. The van der Waals surface area contributed by atoms with Crippen molar-refractivity contribution >= 4 is 16.8 Å². The first-order chi connectivity index (χ1) is 13.3. The lowest BCUT2D eigenvalue weighted by Crippen LogP contribution is -2.37. The van der Waals surface area contributed by atoms with Crippen LogP contribution in [0.5, 0.6) is 5.75 Å². The highest BCUT2D eigenvalue weighted by atomic mass is 16.5. The van der Waals surface area contributed by atoms with Crippen molar-refractivity contribution in [2.75, 3.05) is 26.7 Å². The van der Waals surface area contributed by atoms with Gasteiger partial charge in [-0.15, -0.1) is 0 Å². The van der Waals surface area contributed by atoms with Crippen molar-refractivity contribution in [1.29, 1.82) is 0 Å². The molecule has 140 valence electrons. The lowest BCUT2D eigenvalue weighted by atomic mass is 10.0. The SMILES string of the molecule is COc1ccc([C@H](CNC(=O)c2n[nH]c3ccccc23)N2CCCC2)cc1. The number of benzene rings is 2. The molecule has 1 aromatic heterocycles. The summed E-state index contributed by atoms with van der Waals surface area (Å²) in [7, 11) is 1.67. The van der Waals surface area contributed by atoms with Crippen LogP contribution in [0.4, 0.5) is 0 Å². The molecule has 6 nitrogen and oxygen atoms in total. The number of H-pyrrole nitrogens is 1. The molecule has 27 heavy (non-hydrogen) atoms. The molecule has 0 bridgehead atoms. The molecule has 1 aliphatic rings. The third-order valence-corrected chi connectivity index (χ3v) is 5.22. The van der Waals surface area contributed by atoms with Gasteiger partial charge in [0.25, 0.3) is 5.91 Å². The van der Waals surface area contributed by atoms with E-state index in [1.807, 2.05) is 36.4 Å². The summed E-state index contributed by atoms with van der Waals surface area (Å²) in [5.74, 6) is 0.691. The summed E-state index contributed by atoms with van der Waals surface area (Å²) >= 11 is 0. The summed E-state index contributed by atoms with van der Waals surface area (Å²) in [4.78, 5) is 15.2. The van der Waals surface area contributed by atoms with Gasteiger partial charge >= 0.3 is 0 Å². The van der Waals surface area contributed by atoms with Crippen LogP contribution in [0.3, 0.4) is 0 Å². The molecule has 1 atom stereocenters. The van der Waals surface area contributed by atoms with Crippen LogP contribution in [-0.2, 0) is 0 Å². The molecular weight excluding hydrogens is 340 g/mol. The van der Waals surface area contributed by atoms with Crippen molar-refractivity contribution < 1.29 is 9.53 Å². The van der Waals surface area contributed by atoms with Gasteiger partial charge in [-0.2, -0.15) is 5.10 Å². The quantitative estimate of drug-likeness (QED) is 0.705. The molecule has 0 spiro atoms. The number of likely N-dealkylation sites (tertiary alicyclic amines) is 1. The number of aromatic amines is 1. The first kappa shape index (κ1) is 17.5. The molecule has 4 rings (SSSR count). The van der Waals surface area contributed by atoms with Gasteiger partial charge in [0.2, 0.25) is 0 Å². The number of methoxy groups -OCH3 is 1. The second-order valence-corrected chi connectivity index (χ2v) is 6.86. The van der Waals surface area contributed by atoms with Crippen LogP contribution in [0.15, 0.2) is 48.5 Å². The van der Waals surface area contributed by atoms with E-state index in [1.165, 1.54) is 18.4 Å². The Morgan fingerprint density at radius 2 is 1.93 bits per heavy atom. The molecular formula is C21H24N4O2. The van der Waals surface area contributed by atoms with Crippen LogP contribution in [0.25, 0.3) is 10.9 Å². The summed E-state index contributed by atoms with van der Waals surface area (Å²) in [6, 6.07) is 15.9. The first-order valence-electron chi connectivity index (χ1n) is 9.35. The highest BCUT2D eigenvalue weighted by Gasteiger charge is 2.25. The highest BCUT2D eigenvalue weighted by Crippen LogP contribution is 2.26. The summed E-state index contributed by atoms with van der Waals surface area (Å²) in [5.41, 5.74) is 2.50. The molecule has 0 aliphatic carbocycles. The maximum Gasteiger partial charge on any atom is 0.272 e. The zero-order chi connectivity index (χ0) is 18.6. The third-order valence-electron chi connectivity index (χ3n) is 5.22. The first-order valence-corrected chi connectivity index (χ1v) is 9.35. The van der Waals surface area contributed by atoms with Crippen LogP contribution >= 0.6 is 0 Å². The number of ether oxygens (including phenoxy) is 1. The number of carbonyl (C=O) groups excluding carboxylic acids is 1. The minimum Gasteiger partial charge on any atom is -0.497 e. The van der Waals surface area contributed by atoms with E-state index in [4.69, 9.17) is 4.74 Å². The number of amides is 1. The van der Waals surface area contributed by atoms with Crippen LogP contribution in [0, 0.1) is 0 Å². The Labute approximate surface area is 158 Å². The Morgan fingerprint density at radius 3 is 2.67 bits per heavy atom. The average Bonchev–Trinajstić information content (AvgIpc) is 3.38. The van der Waals surface area contributed by atoms with Crippen LogP contribution in [0.1, 0.15) is 34.9 Å². The van der Waals surface area contributed by atoms with Crippen LogP contribution < -0.4 is 10.1 Å². The number of fused-ring (bicyclic) bond motifs is 1. The Balaban J connectivity index is 1.51. The fourth-order valence-electron chi connectivity index (χ4n) is 3.75. The minimum absolute atomic E-state index is 0.146. The van der Waals surface area contributed by atoms with Gasteiger partial charge in [0.05, 0.1) is 18.7 Å². The molecule has 2 aromatic carbocycles. The van der Waals surface area contributed by atoms with E-state index < -0.39 is 0 Å². The largest absolute Gasteiger partial charge is 0.497 e. The molecule has 0 saturated carbocycles. The van der Waals surface area contributed by atoms with Crippen LogP contribution in [-0.4, -0.2) is 47.7 Å². The van der Waals surface area contributed by atoms with Gasteiger partial charge < -0.3 is 10.1 Å². The van der Waals surface area contributed by atoms with Crippen LogP contribution in [0.2, 0.25) is 0 Å². The highest BCUT2D eigenvalue weighted by molar-refractivity contribution is 6.04. The Morgan fingerprint density at radius 1 is 1.19 bits per heavy atom. The Bertz CT molecular complexity index is 913. The van der Waals surface area contributed by atoms with Gasteiger partial charge in [0.1, 0.15) is 5.75 Å². The fraction of sp³-hybridized carbons (Fsp3) is 0.333. The number of nitrogens with zero attached hydrogens (tertiary/aromatic N) is 2. The van der Waals surface area contributed by atoms with E-state index in [1.54, 1.807) is 7.11 Å². The number of aromatic nitrogens is 2. The predicted octanol–water partition coefficient (Wildman–Crippen LogP) is 3.14. The van der Waals surface area contributed by atoms with Crippen molar-refractivity contribution in [3.63, 3.8) is 0 Å². The van der Waals surface area contributed by atoms with Crippen molar-refractivity contribution in [2.24, 2.45) is 0 Å². The van der Waals surface area contributed by atoms with Gasteiger partial charge in [0, 0.05) is 11.9 Å². The Kier molecular flexibility index (Phi) is 5.07. The molecule has 1 saturated heterocycles. The third kappa shape index (κ3) is 3.66. The zero-order valence-electron chi connectivity index (χ0n) is 15.4.